The van der Waals surface area contributed by atoms with Crippen molar-refractivity contribution >= 4 is 0 Å². The molecule has 1 N–H and O–H groups in total. The smallest absolute Gasteiger partial charge is 0.0160 e. The van der Waals surface area contributed by atoms with Crippen LogP contribution >= 0.6 is 0 Å². The second-order valence-corrected chi connectivity index (χ2v) is 3.93. The number of hydrogen-bond acceptors (Lipinski definition) is 2. The Morgan fingerprint density at radius 2 is 2.38 bits per heavy atom. The lowest BCUT2D eigenvalue weighted by molar-refractivity contribution is 0.254. The third-order valence-corrected chi connectivity index (χ3v) is 3.02. The molecule has 1 heterocycles. The second kappa shape index (κ2) is 5.40. The standard InChI is InChI=1S/C11H22N2/c1-4-8-13(5-2)9-11-6-7-12-10(11)3/h4,10-12H,1,5-9H2,2-3H3. The molecule has 0 radical (unpaired) electrons. The maximum Gasteiger partial charge on any atom is 0.0160 e. The zero-order valence-corrected chi connectivity index (χ0v) is 8.92. The molecular weight excluding hydrogens is 160 g/mol. The summed E-state index contributed by atoms with van der Waals surface area (Å²) in [5.74, 6) is 0.833. The average molecular weight is 182 g/mol. The van der Waals surface area contributed by atoms with E-state index in [1.807, 2.05) is 6.08 Å². The van der Waals surface area contributed by atoms with E-state index in [0.29, 0.717) is 6.04 Å². The summed E-state index contributed by atoms with van der Waals surface area (Å²) in [6.45, 7) is 12.9. The van der Waals surface area contributed by atoms with Crippen molar-refractivity contribution in [3.63, 3.8) is 0 Å². The molecular formula is C11H22N2. The first-order chi connectivity index (χ1) is 6.27. The van der Waals surface area contributed by atoms with Crippen LogP contribution in [0, 0.1) is 5.92 Å². The molecule has 76 valence electrons. The highest BCUT2D eigenvalue weighted by atomic mass is 15.1. The molecule has 0 bridgehead atoms. The average Bonchev–Trinajstić information content (AvgIpc) is 2.51. The molecule has 0 aromatic heterocycles. The van der Waals surface area contributed by atoms with Gasteiger partial charge in [-0.2, -0.15) is 0 Å². The van der Waals surface area contributed by atoms with Gasteiger partial charge in [0.1, 0.15) is 0 Å². The molecule has 1 aliphatic heterocycles. The van der Waals surface area contributed by atoms with Crippen molar-refractivity contribution in [1.29, 1.82) is 0 Å². The highest BCUT2D eigenvalue weighted by Crippen LogP contribution is 2.16. The predicted molar refractivity (Wildman–Crippen MR) is 57.9 cm³/mol. The maximum absolute atomic E-state index is 3.78. The first kappa shape index (κ1) is 10.7. The molecule has 2 heteroatoms. The Labute approximate surface area is 82.0 Å². The summed E-state index contributed by atoms with van der Waals surface area (Å²) >= 11 is 0. The topological polar surface area (TPSA) is 15.3 Å². The van der Waals surface area contributed by atoms with Crippen molar-refractivity contribution in [3.8, 4) is 0 Å². The molecule has 0 amide bonds. The van der Waals surface area contributed by atoms with Gasteiger partial charge in [0.05, 0.1) is 0 Å². The summed E-state index contributed by atoms with van der Waals surface area (Å²) in [6, 6.07) is 0.693. The minimum Gasteiger partial charge on any atom is -0.314 e. The van der Waals surface area contributed by atoms with E-state index in [0.717, 1.165) is 19.0 Å². The first-order valence-corrected chi connectivity index (χ1v) is 5.34. The summed E-state index contributed by atoms with van der Waals surface area (Å²) in [4.78, 5) is 2.46. The van der Waals surface area contributed by atoms with E-state index in [1.54, 1.807) is 0 Å². The Morgan fingerprint density at radius 3 is 2.85 bits per heavy atom. The van der Waals surface area contributed by atoms with Crippen LogP contribution in [0.15, 0.2) is 12.7 Å². The highest BCUT2D eigenvalue weighted by molar-refractivity contribution is 4.84. The van der Waals surface area contributed by atoms with Crippen molar-refractivity contribution < 1.29 is 0 Å². The van der Waals surface area contributed by atoms with Gasteiger partial charge < -0.3 is 5.32 Å². The fourth-order valence-electron chi connectivity index (χ4n) is 2.01. The number of nitrogens with one attached hydrogen (secondary N) is 1. The second-order valence-electron chi connectivity index (χ2n) is 3.93. The Morgan fingerprint density at radius 1 is 1.62 bits per heavy atom. The molecule has 1 rings (SSSR count). The van der Waals surface area contributed by atoms with Gasteiger partial charge in [0.2, 0.25) is 0 Å². The van der Waals surface area contributed by atoms with Gasteiger partial charge in [-0.05, 0) is 32.4 Å². The zero-order valence-electron chi connectivity index (χ0n) is 8.92. The van der Waals surface area contributed by atoms with Crippen LogP contribution in [-0.4, -0.2) is 37.1 Å². The van der Waals surface area contributed by atoms with E-state index in [9.17, 15) is 0 Å². The minimum absolute atomic E-state index is 0.693. The van der Waals surface area contributed by atoms with Gasteiger partial charge in [0, 0.05) is 19.1 Å². The minimum atomic E-state index is 0.693. The lowest BCUT2D eigenvalue weighted by Gasteiger charge is -2.24. The Bertz CT molecular complexity index is 156. The molecule has 0 saturated carbocycles. The number of rotatable bonds is 5. The fourth-order valence-corrected chi connectivity index (χ4v) is 2.01. The monoisotopic (exact) mass is 182 g/mol. The van der Waals surface area contributed by atoms with Gasteiger partial charge in [-0.1, -0.05) is 13.0 Å². The quantitative estimate of drug-likeness (QED) is 0.648. The normalized spacial score (nSPS) is 28.2. The molecule has 0 aromatic carbocycles. The van der Waals surface area contributed by atoms with E-state index in [4.69, 9.17) is 0 Å². The summed E-state index contributed by atoms with van der Waals surface area (Å²) in [5, 5.41) is 3.49. The fraction of sp³-hybridized carbons (Fsp3) is 0.818. The van der Waals surface area contributed by atoms with Gasteiger partial charge in [0.25, 0.3) is 0 Å². The predicted octanol–water partition coefficient (Wildman–Crippen LogP) is 1.49. The van der Waals surface area contributed by atoms with E-state index < -0.39 is 0 Å². The third kappa shape index (κ3) is 3.12. The van der Waals surface area contributed by atoms with E-state index >= 15 is 0 Å². The Balaban J connectivity index is 2.31. The molecule has 0 aromatic rings. The van der Waals surface area contributed by atoms with Crippen LogP contribution in [0.3, 0.4) is 0 Å². The van der Waals surface area contributed by atoms with Crippen molar-refractivity contribution in [3.05, 3.63) is 12.7 Å². The van der Waals surface area contributed by atoms with Crippen LogP contribution in [-0.2, 0) is 0 Å². The van der Waals surface area contributed by atoms with Crippen LogP contribution < -0.4 is 5.32 Å². The van der Waals surface area contributed by atoms with E-state index in [-0.39, 0.29) is 0 Å². The van der Waals surface area contributed by atoms with E-state index in [2.05, 4.69) is 30.6 Å². The van der Waals surface area contributed by atoms with Crippen molar-refractivity contribution in [2.45, 2.75) is 26.3 Å². The largest absolute Gasteiger partial charge is 0.314 e. The summed E-state index contributed by atoms with van der Waals surface area (Å²) in [6.07, 6.45) is 3.32. The van der Waals surface area contributed by atoms with Gasteiger partial charge in [-0.15, -0.1) is 6.58 Å². The summed E-state index contributed by atoms with van der Waals surface area (Å²) in [7, 11) is 0. The number of likely N-dealkylation sites (N-methyl/N-ethyl adjacent to an activating group) is 1. The van der Waals surface area contributed by atoms with Crippen molar-refractivity contribution in [2.75, 3.05) is 26.2 Å². The van der Waals surface area contributed by atoms with Crippen LogP contribution in [0.4, 0.5) is 0 Å². The van der Waals surface area contributed by atoms with E-state index in [1.165, 1.54) is 19.5 Å². The first-order valence-electron chi connectivity index (χ1n) is 5.34. The molecule has 0 aliphatic carbocycles. The van der Waals surface area contributed by atoms with Crippen LogP contribution in [0.2, 0.25) is 0 Å². The van der Waals surface area contributed by atoms with Gasteiger partial charge in [0.15, 0.2) is 0 Å². The lowest BCUT2D eigenvalue weighted by Crippen LogP contribution is -2.34. The molecule has 2 nitrogen and oxygen atoms in total. The van der Waals surface area contributed by atoms with Crippen LogP contribution in [0.1, 0.15) is 20.3 Å². The third-order valence-electron chi connectivity index (χ3n) is 3.02. The van der Waals surface area contributed by atoms with Gasteiger partial charge in [-0.3, -0.25) is 4.90 Å². The molecule has 13 heavy (non-hydrogen) atoms. The van der Waals surface area contributed by atoms with Crippen LogP contribution in [0.5, 0.6) is 0 Å². The SMILES string of the molecule is C=CCN(CC)CC1CCNC1C. The zero-order chi connectivity index (χ0) is 9.68. The summed E-state index contributed by atoms with van der Waals surface area (Å²) < 4.78 is 0. The Kier molecular flexibility index (Phi) is 4.46. The number of hydrogen-bond donors (Lipinski definition) is 1. The van der Waals surface area contributed by atoms with Crippen LogP contribution in [0.25, 0.3) is 0 Å². The molecule has 2 atom stereocenters. The molecule has 1 saturated heterocycles. The lowest BCUT2D eigenvalue weighted by atomic mass is 10.0. The van der Waals surface area contributed by atoms with Gasteiger partial charge in [-0.25, -0.2) is 0 Å². The van der Waals surface area contributed by atoms with Crippen molar-refractivity contribution in [1.82, 2.24) is 10.2 Å². The number of nitrogens with zero attached hydrogens (tertiary/aromatic N) is 1. The molecule has 0 spiro atoms. The van der Waals surface area contributed by atoms with Gasteiger partial charge >= 0.3 is 0 Å². The van der Waals surface area contributed by atoms with Crippen molar-refractivity contribution in [2.24, 2.45) is 5.92 Å². The molecule has 1 fully saturated rings. The molecule has 1 aliphatic rings. The maximum atomic E-state index is 3.78. The molecule has 2 unspecified atom stereocenters. The summed E-state index contributed by atoms with van der Waals surface area (Å²) in [5.41, 5.74) is 0. The Hall–Kier alpha value is -0.340. The highest BCUT2D eigenvalue weighted by Gasteiger charge is 2.23.